The number of aliphatic hydroxyl groups is 1. The number of hydrogen-bond acceptors (Lipinski definition) is 3. The highest BCUT2D eigenvalue weighted by Crippen LogP contribution is 2.35. The second-order valence-corrected chi connectivity index (χ2v) is 5.77. The first kappa shape index (κ1) is 14.0. The Labute approximate surface area is 112 Å². The summed E-state index contributed by atoms with van der Waals surface area (Å²) in [5, 5.41) is 11.0. The van der Waals surface area contributed by atoms with E-state index in [1.165, 1.54) is 6.07 Å². The Morgan fingerprint density at radius 2 is 2.00 bits per heavy atom. The fraction of sp³-hybridized carbons (Fsp3) is 0.467. The summed E-state index contributed by atoms with van der Waals surface area (Å²) in [5.41, 5.74) is -0.0913. The molecule has 0 radical (unpaired) electrons. The number of aliphatic hydroxyl groups excluding tert-OH is 1. The second kappa shape index (κ2) is 4.94. The lowest BCUT2D eigenvalue weighted by Gasteiger charge is -2.32. The molecule has 1 aromatic heterocycles. The van der Waals surface area contributed by atoms with E-state index in [1.807, 2.05) is 20.8 Å². The van der Waals surface area contributed by atoms with Crippen molar-refractivity contribution in [2.24, 2.45) is 5.41 Å². The Bertz CT molecular complexity index is 568. The molecule has 2 aromatic rings. The average Bonchev–Trinajstić information content (AvgIpc) is 2.73. The van der Waals surface area contributed by atoms with Gasteiger partial charge in [-0.25, -0.2) is 4.39 Å². The lowest BCUT2D eigenvalue weighted by Crippen LogP contribution is -2.34. The number of para-hydroxylation sites is 1. The molecular formula is C15H19FO3. The van der Waals surface area contributed by atoms with E-state index in [9.17, 15) is 9.50 Å². The molecule has 4 heteroatoms. The zero-order valence-electron chi connectivity index (χ0n) is 11.6. The van der Waals surface area contributed by atoms with Gasteiger partial charge in [0.15, 0.2) is 11.4 Å². The molecule has 0 aliphatic carbocycles. The van der Waals surface area contributed by atoms with Crippen molar-refractivity contribution in [2.45, 2.75) is 33.0 Å². The van der Waals surface area contributed by atoms with Gasteiger partial charge in [0.1, 0.15) is 11.9 Å². The first-order chi connectivity index (χ1) is 8.84. The van der Waals surface area contributed by atoms with Gasteiger partial charge in [-0.1, -0.05) is 32.9 Å². The molecule has 0 spiro atoms. The van der Waals surface area contributed by atoms with E-state index >= 15 is 0 Å². The van der Waals surface area contributed by atoms with Crippen molar-refractivity contribution in [3.8, 4) is 0 Å². The highest BCUT2D eigenvalue weighted by Gasteiger charge is 2.34. The van der Waals surface area contributed by atoms with Gasteiger partial charge in [-0.15, -0.1) is 0 Å². The molecule has 2 unspecified atom stereocenters. The Morgan fingerprint density at radius 3 is 2.53 bits per heavy atom. The number of rotatable bonds is 3. The fourth-order valence-electron chi connectivity index (χ4n) is 2.30. The molecule has 0 saturated heterocycles. The summed E-state index contributed by atoms with van der Waals surface area (Å²) >= 11 is 0. The minimum atomic E-state index is -0.934. The predicted molar refractivity (Wildman–Crippen MR) is 71.4 cm³/mol. The van der Waals surface area contributed by atoms with Crippen molar-refractivity contribution in [1.29, 1.82) is 0 Å². The predicted octanol–water partition coefficient (Wildman–Crippen LogP) is 3.67. The Balaban J connectivity index is 2.41. The first-order valence-corrected chi connectivity index (χ1v) is 6.23. The van der Waals surface area contributed by atoms with Crippen LogP contribution in [0.4, 0.5) is 4.39 Å². The number of ether oxygens (including phenoxy) is 1. The minimum Gasteiger partial charge on any atom is -0.455 e. The van der Waals surface area contributed by atoms with Crippen LogP contribution in [-0.4, -0.2) is 18.3 Å². The van der Waals surface area contributed by atoms with Gasteiger partial charge >= 0.3 is 0 Å². The summed E-state index contributed by atoms with van der Waals surface area (Å²) in [6.07, 6.45) is -1.37. The van der Waals surface area contributed by atoms with E-state index in [0.29, 0.717) is 11.1 Å². The molecular weight excluding hydrogens is 247 g/mol. The number of methoxy groups -OCH3 is 1. The maximum atomic E-state index is 13.6. The second-order valence-electron chi connectivity index (χ2n) is 5.77. The SMILES string of the molecule is COC(C(O)c1cc2cccc(F)c2o1)C(C)(C)C. The van der Waals surface area contributed by atoms with Crippen LogP contribution in [0.15, 0.2) is 28.7 Å². The summed E-state index contributed by atoms with van der Waals surface area (Å²) in [4.78, 5) is 0. The number of fused-ring (bicyclic) bond motifs is 1. The molecule has 19 heavy (non-hydrogen) atoms. The summed E-state index contributed by atoms with van der Waals surface area (Å²) < 4.78 is 24.4. The lowest BCUT2D eigenvalue weighted by molar-refractivity contribution is -0.0793. The maximum absolute atomic E-state index is 13.6. The van der Waals surface area contributed by atoms with Gasteiger partial charge in [0.2, 0.25) is 0 Å². The first-order valence-electron chi connectivity index (χ1n) is 6.23. The monoisotopic (exact) mass is 266 g/mol. The van der Waals surface area contributed by atoms with E-state index in [0.717, 1.165) is 0 Å². The van der Waals surface area contributed by atoms with E-state index in [1.54, 1.807) is 25.3 Å². The van der Waals surface area contributed by atoms with Gasteiger partial charge in [-0.2, -0.15) is 0 Å². The highest BCUT2D eigenvalue weighted by molar-refractivity contribution is 5.78. The standard InChI is InChI=1S/C15H19FO3/c1-15(2,3)14(18-4)12(17)11-8-9-6-5-7-10(16)13(9)19-11/h5-8,12,14,17H,1-4H3. The fourth-order valence-corrected chi connectivity index (χ4v) is 2.30. The van der Waals surface area contributed by atoms with Crippen LogP contribution in [0.3, 0.4) is 0 Å². The van der Waals surface area contributed by atoms with Crippen molar-refractivity contribution < 1.29 is 18.7 Å². The van der Waals surface area contributed by atoms with E-state index in [-0.39, 0.29) is 11.0 Å². The van der Waals surface area contributed by atoms with E-state index < -0.39 is 18.0 Å². The number of furan rings is 1. The van der Waals surface area contributed by atoms with Gasteiger partial charge in [0.25, 0.3) is 0 Å². The van der Waals surface area contributed by atoms with Crippen LogP contribution in [-0.2, 0) is 4.74 Å². The van der Waals surface area contributed by atoms with Gasteiger partial charge < -0.3 is 14.3 Å². The smallest absolute Gasteiger partial charge is 0.170 e. The van der Waals surface area contributed by atoms with Crippen LogP contribution in [0.25, 0.3) is 11.0 Å². The Hall–Kier alpha value is -1.39. The average molecular weight is 266 g/mol. The Morgan fingerprint density at radius 1 is 1.32 bits per heavy atom. The normalized spacial score (nSPS) is 15.7. The topological polar surface area (TPSA) is 42.6 Å². The zero-order valence-corrected chi connectivity index (χ0v) is 11.6. The van der Waals surface area contributed by atoms with Crippen LogP contribution in [0.5, 0.6) is 0 Å². The van der Waals surface area contributed by atoms with Gasteiger partial charge in [-0.3, -0.25) is 0 Å². The van der Waals surface area contributed by atoms with E-state index in [2.05, 4.69) is 0 Å². The molecule has 1 N–H and O–H groups in total. The molecule has 2 rings (SSSR count). The molecule has 0 aliphatic rings. The number of hydrogen-bond donors (Lipinski definition) is 1. The summed E-state index contributed by atoms with van der Waals surface area (Å²) in [5.74, 6) is -0.109. The third-order valence-corrected chi connectivity index (χ3v) is 3.20. The molecule has 3 nitrogen and oxygen atoms in total. The third kappa shape index (κ3) is 2.65. The summed E-state index contributed by atoms with van der Waals surface area (Å²) in [6.45, 7) is 5.90. The number of benzene rings is 1. The molecule has 1 heterocycles. The van der Waals surface area contributed by atoms with E-state index in [4.69, 9.17) is 9.15 Å². The molecule has 104 valence electrons. The molecule has 0 saturated carbocycles. The lowest BCUT2D eigenvalue weighted by atomic mass is 9.85. The van der Waals surface area contributed by atoms with Crippen molar-refractivity contribution in [3.05, 3.63) is 35.8 Å². The molecule has 1 aromatic carbocycles. The van der Waals surface area contributed by atoms with Gasteiger partial charge in [0, 0.05) is 12.5 Å². The quantitative estimate of drug-likeness (QED) is 0.921. The van der Waals surface area contributed by atoms with Crippen LogP contribution < -0.4 is 0 Å². The highest BCUT2D eigenvalue weighted by atomic mass is 19.1. The zero-order chi connectivity index (χ0) is 14.2. The van der Waals surface area contributed by atoms with Crippen LogP contribution >= 0.6 is 0 Å². The minimum absolute atomic E-state index is 0.167. The van der Waals surface area contributed by atoms with Crippen LogP contribution in [0.1, 0.15) is 32.6 Å². The molecule has 0 aliphatic heterocycles. The molecule has 0 bridgehead atoms. The van der Waals surface area contributed by atoms with Crippen molar-refractivity contribution in [1.82, 2.24) is 0 Å². The summed E-state index contributed by atoms with van der Waals surface area (Å²) in [7, 11) is 1.54. The van der Waals surface area contributed by atoms with Crippen molar-refractivity contribution >= 4 is 11.0 Å². The molecule has 2 atom stereocenters. The van der Waals surface area contributed by atoms with Crippen LogP contribution in [0, 0.1) is 11.2 Å². The maximum Gasteiger partial charge on any atom is 0.170 e. The summed E-state index contributed by atoms with van der Waals surface area (Å²) in [6, 6.07) is 6.35. The third-order valence-electron chi connectivity index (χ3n) is 3.20. The van der Waals surface area contributed by atoms with Crippen LogP contribution in [0.2, 0.25) is 0 Å². The molecule has 0 fully saturated rings. The Kier molecular flexibility index (Phi) is 3.65. The number of halogens is 1. The van der Waals surface area contributed by atoms with Crippen molar-refractivity contribution in [2.75, 3.05) is 7.11 Å². The van der Waals surface area contributed by atoms with Gasteiger partial charge in [-0.05, 0) is 17.5 Å². The van der Waals surface area contributed by atoms with Crippen molar-refractivity contribution in [3.63, 3.8) is 0 Å². The largest absolute Gasteiger partial charge is 0.455 e. The van der Waals surface area contributed by atoms with Gasteiger partial charge in [0.05, 0.1) is 6.10 Å². The molecule has 0 amide bonds.